The topological polar surface area (TPSA) is 76.2 Å². The quantitative estimate of drug-likeness (QED) is 0.613. The first-order valence-electron chi connectivity index (χ1n) is 10.1. The van der Waals surface area contributed by atoms with Crippen molar-refractivity contribution in [2.45, 2.75) is 31.0 Å². The third-order valence-corrected chi connectivity index (χ3v) is 6.80. The summed E-state index contributed by atoms with van der Waals surface area (Å²) in [6.07, 6.45) is 1.36. The van der Waals surface area contributed by atoms with Crippen molar-refractivity contribution in [2.24, 2.45) is 0 Å². The summed E-state index contributed by atoms with van der Waals surface area (Å²) in [7, 11) is -2.48. The largest absolute Gasteiger partial charge is 0.495 e. The lowest BCUT2D eigenvalue weighted by atomic mass is 10.1. The van der Waals surface area contributed by atoms with E-state index in [0.717, 1.165) is 0 Å². The highest BCUT2D eigenvalue weighted by atomic mass is 32.2. The van der Waals surface area contributed by atoms with E-state index in [1.807, 2.05) is 13.8 Å². The summed E-state index contributed by atoms with van der Waals surface area (Å²) in [5.41, 5.74) is 0.721. The minimum Gasteiger partial charge on any atom is -0.495 e. The number of anilines is 1. The number of hydrogen-bond acceptors (Lipinski definition) is 5. The molecule has 7 nitrogen and oxygen atoms in total. The van der Waals surface area contributed by atoms with E-state index >= 15 is 0 Å². The Labute approximate surface area is 183 Å². The maximum absolute atomic E-state index is 13.5. The van der Waals surface area contributed by atoms with Gasteiger partial charge in [0.25, 0.3) is 15.9 Å². The first-order chi connectivity index (χ1) is 14.8. The predicted molar refractivity (Wildman–Crippen MR) is 120 cm³/mol. The maximum atomic E-state index is 13.5. The Hall–Kier alpha value is -2.84. The molecule has 0 bridgehead atoms. The first kappa shape index (κ1) is 22.8. The van der Waals surface area contributed by atoms with Crippen LogP contribution >= 0.6 is 0 Å². The van der Waals surface area contributed by atoms with Crippen LogP contribution in [-0.2, 0) is 14.8 Å². The lowest BCUT2D eigenvalue weighted by molar-refractivity contribution is -0.0586. The van der Waals surface area contributed by atoms with Gasteiger partial charge in [-0.2, -0.15) is 0 Å². The summed E-state index contributed by atoms with van der Waals surface area (Å²) in [5, 5.41) is 0. The zero-order valence-corrected chi connectivity index (χ0v) is 18.8. The maximum Gasteiger partial charge on any atom is 0.264 e. The molecule has 0 unspecified atom stereocenters. The Morgan fingerprint density at radius 3 is 2.52 bits per heavy atom. The van der Waals surface area contributed by atoms with E-state index < -0.39 is 10.0 Å². The van der Waals surface area contributed by atoms with Gasteiger partial charge in [0.1, 0.15) is 5.75 Å². The molecule has 1 fully saturated rings. The van der Waals surface area contributed by atoms with E-state index in [9.17, 15) is 13.2 Å². The van der Waals surface area contributed by atoms with E-state index in [2.05, 4.69) is 6.58 Å². The number of carbonyl (C=O) groups excluding carboxylic acids is 1. The lowest BCUT2D eigenvalue weighted by Crippen LogP contribution is -2.48. The van der Waals surface area contributed by atoms with Crippen LogP contribution in [0.3, 0.4) is 0 Å². The Kier molecular flexibility index (Phi) is 7.02. The summed E-state index contributed by atoms with van der Waals surface area (Å²) in [5.74, 6) is 0.211. The van der Waals surface area contributed by atoms with Crippen LogP contribution in [0.25, 0.3) is 0 Å². The monoisotopic (exact) mass is 444 g/mol. The van der Waals surface area contributed by atoms with Gasteiger partial charge in [-0.15, -0.1) is 6.58 Å². The molecule has 1 heterocycles. The predicted octanol–water partition coefficient (Wildman–Crippen LogP) is 3.33. The van der Waals surface area contributed by atoms with Crippen LogP contribution in [0.4, 0.5) is 5.69 Å². The van der Waals surface area contributed by atoms with E-state index in [1.54, 1.807) is 41.3 Å². The third kappa shape index (κ3) is 4.91. The van der Waals surface area contributed by atoms with E-state index in [0.29, 0.717) is 30.1 Å². The molecule has 166 valence electrons. The van der Waals surface area contributed by atoms with Crippen molar-refractivity contribution in [3.63, 3.8) is 0 Å². The second kappa shape index (κ2) is 9.53. The van der Waals surface area contributed by atoms with Crippen molar-refractivity contribution in [3.05, 3.63) is 66.7 Å². The van der Waals surface area contributed by atoms with Crippen molar-refractivity contribution < 1.29 is 22.7 Å². The molecular formula is C23H28N2O5S. The molecule has 0 aliphatic carbocycles. The van der Waals surface area contributed by atoms with Crippen LogP contribution in [-0.4, -0.2) is 58.2 Å². The molecule has 2 aromatic rings. The molecule has 2 aromatic carbocycles. The van der Waals surface area contributed by atoms with Crippen molar-refractivity contribution in [1.82, 2.24) is 4.90 Å². The van der Waals surface area contributed by atoms with E-state index in [-0.39, 0.29) is 29.6 Å². The number of hydrogen-bond donors (Lipinski definition) is 0. The number of sulfonamides is 1. The van der Waals surface area contributed by atoms with Gasteiger partial charge < -0.3 is 14.4 Å². The third-order valence-electron chi connectivity index (χ3n) is 5.02. The Morgan fingerprint density at radius 2 is 1.87 bits per heavy atom. The Balaban J connectivity index is 1.97. The highest BCUT2D eigenvalue weighted by Gasteiger charge is 2.29. The van der Waals surface area contributed by atoms with E-state index in [4.69, 9.17) is 9.47 Å². The van der Waals surface area contributed by atoms with Gasteiger partial charge in [-0.25, -0.2) is 8.42 Å². The van der Waals surface area contributed by atoms with Crippen LogP contribution in [0.2, 0.25) is 0 Å². The summed E-state index contributed by atoms with van der Waals surface area (Å²) < 4.78 is 39.3. The fourth-order valence-electron chi connectivity index (χ4n) is 3.72. The number of morpholine rings is 1. The molecule has 0 spiro atoms. The molecule has 2 atom stereocenters. The van der Waals surface area contributed by atoms with Crippen molar-refractivity contribution >= 4 is 21.6 Å². The van der Waals surface area contributed by atoms with Crippen LogP contribution in [0, 0.1) is 0 Å². The van der Waals surface area contributed by atoms with Crippen LogP contribution in [0.15, 0.2) is 66.1 Å². The van der Waals surface area contributed by atoms with Gasteiger partial charge in [0.15, 0.2) is 0 Å². The zero-order valence-electron chi connectivity index (χ0n) is 18.0. The average molecular weight is 445 g/mol. The Bertz CT molecular complexity index is 1040. The molecule has 1 amide bonds. The average Bonchev–Trinajstić information content (AvgIpc) is 2.76. The van der Waals surface area contributed by atoms with Gasteiger partial charge in [0.05, 0.1) is 36.4 Å². The van der Waals surface area contributed by atoms with E-state index in [1.165, 1.54) is 29.6 Å². The van der Waals surface area contributed by atoms with Gasteiger partial charge in [-0.05, 0) is 44.2 Å². The second-order valence-corrected chi connectivity index (χ2v) is 9.35. The lowest BCUT2D eigenvalue weighted by Gasteiger charge is -2.35. The molecule has 0 saturated carbocycles. The zero-order chi connectivity index (χ0) is 22.6. The van der Waals surface area contributed by atoms with Crippen molar-refractivity contribution in [1.29, 1.82) is 0 Å². The molecule has 31 heavy (non-hydrogen) atoms. The number of methoxy groups -OCH3 is 1. The van der Waals surface area contributed by atoms with Crippen molar-refractivity contribution in [3.8, 4) is 5.75 Å². The number of amides is 1. The summed E-state index contributed by atoms with van der Waals surface area (Å²) in [4.78, 5) is 14.8. The van der Waals surface area contributed by atoms with Gasteiger partial charge in [0, 0.05) is 18.7 Å². The molecule has 0 aromatic heterocycles. The number of rotatable bonds is 7. The SMILES string of the molecule is C=CCN(c1ccccc1OC)S(=O)(=O)c1cccc(C(=O)N2C[C@@H](C)O[C@H](C)C2)c1. The van der Waals surface area contributed by atoms with Crippen LogP contribution < -0.4 is 9.04 Å². The number of para-hydroxylation sites is 2. The molecule has 0 N–H and O–H groups in total. The highest BCUT2D eigenvalue weighted by molar-refractivity contribution is 7.92. The molecule has 3 rings (SSSR count). The molecule has 0 radical (unpaired) electrons. The minimum absolute atomic E-state index is 0.0282. The normalized spacial score (nSPS) is 19.0. The van der Waals surface area contributed by atoms with Gasteiger partial charge in [-0.1, -0.05) is 24.3 Å². The smallest absolute Gasteiger partial charge is 0.264 e. The number of ether oxygens (including phenoxy) is 2. The number of carbonyl (C=O) groups is 1. The van der Waals surface area contributed by atoms with Crippen LogP contribution in [0.1, 0.15) is 24.2 Å². The highest BCUT2D eigenvalue weighted by Crippen LogP contribution is 2.32. The summed E-state index contributed by atoms with van der Waals surface area (Å²) in [6, 6.07) is 13.0. The molecule has 1 aliphatic rings. The van der Waals surface area contributed by atoms with Crippen LogP contribution in [0.5, 0.6) is 5.75 Å². The van der Waals surface area contributed by atoms with Gasteiger partial charge in [-0.3, -0.25) is 9.10 Å². The fraction of sp³-hybridized carbons (Fsp3) is 0.348. The fourth-order valence-corrected chi connectivity index (χ4v) is 5.21. The number of nitrogens with zero attached hydrogens (tertiary/aromatic N) is 2. The minimum atomic E-state index is -3.97. The first-order valence-corrected chi connectivity index (χ1v) is 11.5. The van der Waals surface area contributed by atoms with Gasteiger partial charge >= 0.3 is 0 Å². The summed E-state index contributed by atoms with van der Waals surface area (Å²) in [6.45, 7) is 8.50. The summed E-state index contributed by atoms with van der Waals surface area (Å²) >= 11 is 0. The molecule has 8 heteroatoms. The number of benzene rings is 2. The molecular weight excluding hydrogens is 416 g/mol. The second-order valence-electron chi connectivity index (χ2n) is 7.49. The standard InChI is InChI=1S/C23H28N2O5S/c1-5-13-25(21-11-6-7-12-22(21)29-4)31(27,28)20-10-8-9-19(14-20)23(26)24-15-17(2)30-18(3)16-24/h5-12,14,17-18H,1,13,15-16H2,2-4H3/t17-,18-/m1/s1. The molecule has 1 aliphatic heterocycles. The Morgan fingerprint density at radius 1 is 1.19 bits per heavy atom. The van der Waals surface area contributed by atoms with Gasteiger partial charge in [0.2, 0.25) is 0 Å². The van der Waals surface area contributed by atoms with Crippen molar-refractivity contribution in [2.75, 3.05) is 31.0 Å². The molecule has 1 saturated heterocycles.